The van der Waals surface area contributed by atoms with Gasteiger partial charge in [-0.25, -0.2) is 4.99 Å². The quantitative estimate of drug-likeness (QED) is 0.397. The van der Waals surface area contributed by atoms with E-state index in [4.69, 9.17) is 5.26 Å². The first kappa shape index (κ1) is 14.2. The van der Waals surface area contributed by atoms with E-state index in [1.807, 2.05) is 30.6 Å². The minimum absolute atomic E-state index is 0.589. The summed E-state index contributed by atoms with van der Waals surface area (Å²) < 4.78 is 2.18. The first-order chi connectivity index (χ1) is 9.65. The number of nitriles is 1. The molecule has 0 aliphatic heterocycles. The number of hydrogen-bond donors (Lipinski definition) is 1. The Labute approximate surface area is 123 Å². The van der Waals surface area contributed by atoms with E-state index in [1.165, 1.54) is 23.1 Å². The van der Waals surface area contributed by atoms with Gasteiger partial charge in [-0.1, -0.05) is 17.8 Å². The van der Waals surface area contributed by atoms with Gasteiger partial charge in [0.2, 0.25) is 0 Å². The second-order valence-electron chi connectivity index (χ2n) is 4.33. The zero-order valence-electron chi connectivity index (χ0n) is 11.7. The van der Waals surface area contributed by atoms with Crippen LogP contribution >= 0.6 is 11.8 Å². The van der Waals surface area contributed by atoms with Crippen LogP contribution < -0.4 is 5.32 Å². The first-order valence-electron chi connectivity index (χ1n) is 6.19. The highest BCUT2D eigenvalue weighted by Crippen LogP contribution is 2.22. The van der Waals surface area contributed by atoms with E-state index in [1.54, 1.807) is 0 Å². The number of thioether (sulfide) groups is 1. The highest BCUT2D eigenvalue weighted by molar-refractivity contribution is 8.13. The number of hydrogen-bond acceptors (Lipinski definition) is 3. The van der Waals surface area contributed by atoms with E-state index in [0.717, 1.165) is 11.4 Å². The topological polar surface area (TPSA) is 53.1 Å². The van der Waals surface area contributed by atoms with Crippen LogP contribution in [-0.4, -0.2) is 16.0 Å². The third kappa shape index (κ3) is 3.03. The van der Waals surface area contributed by atoms with Gasteiger partial charge in [-0.3, -0.25) is 5.32 Å². The summed E-state index contributed by atoms with van der Waals surface area (Å²) in [7, 11) is 0. The average Bonchev–Trinajstić information content (AvgIpc) is 2.78. The SMILES string of the molecule is CSC(=Nc1cccc(-n2c(C)ccc2C)c1)NC#N. The molecule has 1 N–H and O–H groups in total. The number of nitrogens with one attached hydrogen (secondary N) is 1. The molecule has 1 aromatic carbocycles. The lowest BCUT2D eigenvalue weighted by Crippen LogP contribution is -2.12. The molecule has 0 bridgehead atoms. The Bertz CT molecular complexity index is 660. The van der Waals surface area contributed by atoms with Crippen molar-refractivity contribution >= 4 is 22.6 Å². The summed E-state index contributed by atoms with van der Waals surface area (Å²) in [6.07, 6.45) is 3.77. The molecule has 1 heterocycles. The van der Waals surface area contributed by atoms with Crippen molar-refractivity contribution in [2.45, 2.75) is 13.8 Å². The highest BCUT2D eigenvalue weighted by Gasteiger charge is 2.04. The first-order valence-corrected chi connectivity index (χ1v) is 7.41. The Hall–Kier alpha value is -2.19. The molecule has 5 heteroatoms. The Balaban J connectivity index is 2.41. The monoisotopic (exact) mass is 284 g/mol. The Kier molecular flexibility index (Phi) is 4.49. The summed E-state index contributed by atoms with van der Waals surface area (Å²) in [4.78, 5) is 4.43. The van der Waals surface area contributed by atoms with E-state index in [-0.39, 0.29) is 0 Å². The minimum atomic E-state index is 0.589. The zero-order valence-corrected chi connectivity index (χ0v) is 12.5. The van der Waals surface area contributed by atoms with E-state index < -0.39 is 0 Å². The fraction of sp³-hybridized carbons (Fsp3) is 0.200. The van der Waals surface area contributed by atoms with Crippen LogP contribution in [0.25, 0.3) is 5.69 Å². The molecule has 102 valence electrons. The van der Waals surface area contributed by atoms with Gasteiger partial charge in [0.1, 0.15) is 0 Å². The normalized spacial score (nSPS) is 11.2. The standard InChI is InChI=1S/C15H16N4S/c1-11-7-8-12(2)19(11)14-6-4-5-13(9-14)18-15(20-3)17-10-16/h4-9H,1-3H3,(H,17,18). The van der Waals surface area contributed by atoms with Crippen LogP contribution in [0.5, 0.6) is 0 Å². The second kappa shape index (κ2) is 6.31. The van der Waals surface area contributed by atoms with Crippen molar-refractivity contribution < 1.29 is 0 Å². The molecule has 0 radical (unpaired) electrons. The van der Waals surface area contributed by atoms with Crippen molar-refractivity contribution in [3.8, 4) is 11.9 Å². The molecule has 0 spiro atoms. The molecule has 4 nitrogen and oxygen atoms in total. The molecule has 0 unspecified atom stereocenters. The molecule has 1 aromatic heterocycles. The zero-order chi connectivity index (χ0) is 14.5. The average molecular weight is 284 g/mol. The number of nitrogens with zero attached hydrogens (tertiary/aromatic N) is 3. The van der Waals surface area contributed by atoms with Crippen molar-refractivity contribution in [1.29, 1.82) is 5.26 Å². The highest BCUT2D eigenvalue weighted by atomic mass is 32.2. The van der Waals surface area contributed by atoms with E-state index in [0.29, 0.717) is 5.17 Å². The van der Waals surface area contributed by atoms with E-state index in [2.05, 4.69) is 46.9 Å². The molecule has 0 atom stereocenters. The van der Waals surface area contributed by atoms with Crippen LogP contribution in [0.15, 0.2) is 41.4 Å². The Morgan fingerprint density at radius 2 is 1.95 bits per heavy atom. The molecule has 0 saturated carbocycles. The molecule has 20 heavy (non-hydrogen) atoms. The van der Waals surface area contributed by atoms with Crippen LogP contribution in [0.3, 0.4) is 0 Å². The van der Waals surface area contributed by atoms with E-state index >= 15 is 0 Å². The van der Waals surface area contributed by atoms with Gasteiger partial charge in [-0.2, -0.15) is 5.26 Å². The fourth-order valence-electron chi connectivity index (χ4n) is 2.07. The number of aliphatic imine (C=N–C) groups is 1. The number of aromatic nitrogens is 1. The lowest BCUT2D eigenvalue weighted by Gasteiger charge is -2.10. The summed E-state index contributed by atoms with van der Waals surface area (Å²) in [6, 6.07) is 12.1. The summed E-state index contributed by atoms with van der Waals surface area (Å²) >= 11 is 1.41. The van der Waals surface area contributed by atoms with Crippen LogP contribution in [-0.2, 0) is 0 Å². The van der Waals surface area contributed by atoms with Crippen molar-refractivity contribution in [3.63, 3.8) is 0 Å². The molecule has 0 saturated heterocycles. The molecule has 0 fully saturated rings. The van der Waals surface area contributed by atoms with Gasteiger partial charge in [0.25, 0.3) is 0 Å². The third-order valence-corrected chi connectivity index (χ3v) is 3.53. The van der Waals surface area contributed by atoms with Crippen LogP contribution in [0.2, 0.25) is 0 Å². The third-order valence-electron chi connectivity index (χ3n) is 2.95. The number of rotatable bonds is 2. The van der Waals surface area contributed by atoms with Gasteiger partial charge >= 0.3 is 0 Å². The van der Waals surface area contributed by atoms with E-state index in [9.17, 15) is 0 Å². The van der Waals surface area contributed by atoms with Gasteiger partial charge in [-0.05, 0) is 50.4 Å². The van der Waals surface area contributed by atoms with Crippen molar-refractivity contribution in [2.75, 3.05) is 6.26 Å². The second-order valence-corrected chi connectivity index (χ2v) is 5.12. The summed E-state index contributed by atoms with van der Waals surface area (Å²) in [6.45, 7) is 4.15. The molecule has 0 amide bonds. The molecular formula is C15H16N4S. The molecule has 0 aliphatic carbocycles. The van der Waals surface area contributed by atoms with Gasteiger partial charge < -0.3 is 4.57 Å². The summed E-state index contributed by atoms with van der Waals surface area (Å²) in [5.41, 5.74) is 4.26. The van der Waals surface area contributed by atoms with Gasteiger partial charge in [0.15, 0.2) is 11.4 Å². The van der Waals surface area contributed by atoms with Crippen molar-refractivity contribution in [2.24, 2.45) is 4.99 Å². The molecule has 2 rings (SSSR count). The fourth-order valence-corrected chi connectivity index (χ4v) is 2.41. The van der Waals surface area contributed by atoms with Crippen LogP contribution in [0.1, 0.15) is 11.4 Å². The van der Waals surface area contributed by atoms with Crippen molar-refractivity contribution in [1.82, 2.24) is 9.88 Å². The predicted octanol–water partition coefficient (Wildman–Crippen LogP) is 3.52. The molecule has 2 aromatic rings. The lowest BCUT2D eigenvalue weighted by atomic mass is 10.2. The molecule has 0 aliphatic rings. The van der Waals surface area contributed by atoms with Crippen LogP contribution in [0.4, 0.5) is 5.69 Å². The van der Waals surface area contributed by atoms with Gasteiger partial charge in [-0.15, -0.1) is 0 Å². The van der Waals surface area contributed by atoms with Crippen LogP contribution in [0, 0.1) is 25.3 Å². The number of benzene rings is 1. The van der Waals surface area contributed by atoms with Gasteiger partial charge in [0, 0.05) is 17.1 Å². The minimum Gasteiger partial charge on any atom is -0.318 e. The summed E-state index contributed by atoms with van der Waals surface area (Å²) in [5.74, 6) is 0. The van der Waals surface area contributed by atoms with Crippen molar-refractivity contribution in [3.05, 3.63) is 47.8 Å². The lowest BCUT2D eigenvalue weighted by molar-refractivity contribution is 0.966. The number of aryl methyl sites for hydroxylation is 2. The molecular weight excluding hydrogens is 268 g/mol. The Morgan fingerprint density at radius 1 is 1.25 bits per heavy atom. The number of amidine groups is 1. The maximum absolute atomic E-state index is 8.66. The maximum atomic E-state index is 8.66. The summed E-state index contributed by atoms with van der Waals surface area (Å²) in [5, 5.41) is 11.8. The Morgan fingerprint density at radius 3 is 2.55 bits per heavy atom. The predicted molar refractivity (Wildman–Crippen MR) is 84.6 cm³/mol. The maximum Gasteiger partial charge on any atom is 0.183 e. The smallest absolute Gasteiger partial charge is 0.183 e. The largest absolute Gasteiger partial charge is 0.318 e. The van der Waals surface area contributed by atoms with Gasteiger partial charge in [0.05, 0.1) is 5.69 Å².